The summed E-state index contributed by atoms with van der Waals surface area (Å²) in [6.07, 6.45) is -1.19. The number of ether oxygens (including phenoxy) is 3. The van der Waals surface area contributed by atoms with Gasteiger partial charge in [0.15, 0.2) is 6.10 Å². The van der Waals surface area contributed by atoms with Crippen molar-refractivity contribution in [3.63, 3.8) is 0 Å². The number of alkyl halides is 3. The van der Waals surface area contributed by atoms with Crippen LogP contribution in [0.4, 0.5) is 13.2 Å². The summed E-state index contributed by atoms with van der Waals surface area (Å²) in [5.74, 6) is 0.255. The third-order valence-corrected chi connectivity index (χ3v) is 3.88. The van der Waals surface area contributed by atoms with Crippen LogP contribution < -0.4 is 9.47 Å². The van der Waals surface area contributed by atoms with Crippen molar-refractivity contribution < 1.29 is 32.2 Å². The molecular formula is C20H18F3N3O4. The Morgan fingerprint density at radius 3 is 2.47 bits per heavy atom. The van der Waals surface area contributed by atoms with E-state index in [9.17, 15) is 18.0 Å². The molecule has 2 aromatic heterocycles. The lowest BCUT2D eigenvalue weighted by molar-refractivity contribution is -0.151. The third-order valence-electron chi connectivity index (χ3n) is 3.88. The minimum Gasteiger partial charge on any atom is -0.479 e. The van der Waals surface area contributed by atoms with Crippen molar-refractivity contribution in [1.29, 1.82) is 0 Å². The van der Waals surface area contributed by atoms with Crippen LogP contribution in [0.1, 0.15) is 12.5 Å². The molecule has 0 aliphatic rings. The van der Waals surface area contributed by atoms with Gasteiger partial charge in [0.05, 0.1) is 12.1 Å². The summed E-state index contributed by atoms with van der Waals surface area (Å²) >= 11 is 0. The number of benzene rings is 1. The standard InChI is InChI=1S/C20H18F3N3O4/c1-14(19(27)28-12-11-26-10-2-9-25-26)29-16-4-6-17(7-5-16)30-18-8-3-15(13-24-18)20(21,22)23/h2-10,13-14H,11-12H2,1H3. The Balaban J connectivity index is 1.48. The lowest BCUT2D eigenvalue weighted by atomic mass is 10.3. The van der Waals surface area contributed by atoms with Gasteiger partial charge in [-0.15, -0.1) is 0 Å². The van der Waals surface area contributed by atoms with Crippen LogP contribution in [-0.4, -0.2) is 33.4 Å². The molecule has 0 aliphatic heterocycles. The van der Waals surface area contributed by atoms with Gasteiger partial charge in [0.25, 0.3) is 0 Å². The van der Waals surface area contributed by atoms with Gasteiger partial charge in [-0.1, -0.05) is 0 Å². The minimum atomic E-state index is -4.46. The summed E-state index contributed by atoms with van der Waals surface area (Å²) in [6, 6.07) is 10.0. The number of esters is 1. The van der Waals surface area contributed by atoms with Gasteiger partial charge in [-0.25, -0.2) is 9.78 Å². The van der Waals surface area contributed by atoms with E-state index in [1.165, 1.54) is 0 Å². The molecule has 0 bridgehead atoms. The second-order valence-electron chi connectivity index (χ2n) is 6.15. The van der Waals surface area contributed by atoms with E-state index in [4.69, 9.17) is 14.2 Å². The van der Waals surface area contributed by atoms with Gasteiger partial charge in [-0.3, -0.25) is 4.68 Å². The fraction of sp³-hybridized carbons (Fsp3) is 0.250. The van der Waals surface area contributed by atoms with E-state index in [1.54, 1.807) is 54.3 Å². The van der Waals surface area contributed by atoms with Gasteiger partial charge in [-0.2, -0.15) is 18.3 Å². The van der Waals surface area contributed by atoms with Crippen molar-refractivity contribution in [2.24, 2.45) is 0 Å². The average Bonchev–Trinajstić information content (AvgIpc) is 3.22. The van der Waals surface area contributed by atoms with Crippen LogP contribution in [0.5, 0.6) is 17.4 Å². The monoisotopic (exact) mass is 421 g/mol. The molecule has 0 spiro atoms. The molecule has 7 nitrogen and oxygen atoms in total. The number of carbonyl (C=O) groups is 1. The van der Waals surface area contributed by atoms with Crippen LogP contribution in [0.25, 0.3) is 0 Å². The fourth-order valence-electron chi connectivity index (χ4n) is 2.36. The number of halogens is 3. The molecule has 3 rings (SSSR count). The zero-order valence-electron chi connectivity index (χ0n) is 15.9. The van der Waals surface area contributed by atoms with Gasteiger partial charge >= 0.3 is 12.1 Å². The van der Waals surface area contributed by atoms with Crippen LogP contribution in [0.2, 0.25) is 0 Å². The van der Waals surface area contributed by atoms with Gasteiger partial charge in [0.1, 0.15) is 18.1 Å². The third kappa shape index (κ3) is 5.97. The smallest absolute Gasteiger partial charge is 0.417 e. The number of nitrogens with zero attached hydrogens (tertiary/aromatic N) is 3. The normalized spacial score (nSPS) is 12.3. The van der Waals surface area contributed by atoms with Crippen LogP contribution in [-0.2, 0) is 22.3 Å². The van der Waals surface area contributed by atoms with Gasteiger partial charge in [0, 0.05) is 24.7 Å². The van der Waals surface area contributed by atoms with Crippen molar-refractivity contribution in [1.82, 2.24) is 14.8 Å². The molecule has 1 aromatic carbocycles. The molecule has 2 heterocycles. The quantitative estimate of drug-likeness (QED) is 0.510. The topological polar surface area (TPSA) is 75.5 Å². The molecule has 0 radical (unpaired) electrons. The van der Waals surface area contributed by atoms with Crippen LogP contribution in [0, 0.1) is 0 Å². The number of carbonyl (C=O) groups excluding carboxylic acids is 1. The largest absolute Gasteiger partial charge is 0.479 e. The molecule has 0 saturated carbocycles. The highest BCUT2D eigenvalue weighted by Gasteiger charge is 2.30. The van der Waals surface area contributed by atoms with Crippen molar-refractivity contribution in [3.8, 4) is 17.4 Å². The van der Waals surface area contributed by atoms with E-state index in [2.05, 4.69) is 10.1 Å². The van der Waals surface area contributed by atoms with Gasteiger partial charge < -0.3 is 14.2 Å². The number of pyridine rings is 1. The first-order valence-corrected chi connectivity index (χ1v) is 8.93. The summed E-state index contributed by atoms with van der Waals surface area (Å²) in [7, 11) is 0. The SMILES string of the molecule is CC(Oc1ccc(Oc2ccc(C(F)(F)F)cn2)cc1)C(=O)OCCn1cccn1. The maximum absolute atomic E-state index is 12.6. The summed E-state index contributed by atoms with van der Waals surface area (Å²) in [5.41, 5.74) is -0.857. The molecule has 1 atom stereocenters. The molecule has 30 heavy (non-hydrogen) atoms. The first-order valence-electron chi connectivity index (χ1n) is 8.93. The van der Waals surface area contributed by atoms with E-state index < -0.39 is 23.8 Å². The predicted octanol–water partition coefficient (Wildman–Crippen LogP) is 4.10. The number of aromatic nitrogens is 3. The van der Waals surface area contributed by atoms with E-state index in [1.807, 2.05) is 0 Å². The lowest BCUT2D eigenvalue weighted by Crippen LogP contribution is -2.27. The zero-order valence-corrected chi connectivity index (χ0v) is 15.9. The van der Waals surface area contributed by atoms with Crippen molar-refractivity contribution in [2.75, 3.05) is 6.61 Å². The molecule has 0 N–H and O–H groups in total. The molecule has 0 saturated heterocycles. The van der Waals surface area contributed by atoms with Crippen molar-refractivity contribution in [2.45, 2.75) is 25.7 Å². The summed E-state index contributed by atoms with van der Waals surface area (Å²) in [5, 5.41) is 4.01. The predicted molar refractivity (Wildman–Crippen MR) is 99.0 cm³/mol. The first kappa shape index (κ1) is 21.2. The molecule has 0 fully saturated rings. The number of hydrogen-bond donors (Lipinski definition) is 0. The Kier molecular flexibility index (Phi) is 6.55. The van der Waals surface area contributed by atoms with E-state index >= 15 is 0 Å². The summed E-state index contributed by atoms with van der Waals surface area (Å²) in [6.45, 7) is 2.17. The second kappa shape index (κ2) is 9.29. The Morgan fingerprint density at radius 1 is 1.13 bits per heavy atom. The maximum Gasteiger partial charge on any atom is 0.417 e. The van der Waals surface area contributed by atoms with Crippen LogP contribution >= 0.6 is 0 Å². The molecular weight excluding hydrogens is 403 g/mol. The van der Waals surface area contributed by atoms with Gasteiger partial charge in [0.2, 0.25) is 5.88 Å². The molecule has 0 aliphatic carbocycles. The Labute approximate surface area is 170 Å². The lowest BCUT2D eigenvalue weighted by Gasteiger charge is -2.14. The molecule has 10 heteroatoms. The maximum atomic E-state index is 12.6. The van der Waals surface area contributed by atoms with Crippen LogP contribution in [0.15, 0.2) is 61.1 Å². The Bertz CT molecular complexity index is 943. The molecule has 1 unspecified atom stereocenters. The van der Waals surface area contributed by atoms with Crippen LogP contribution in [0.3, 0.4) is 0 Å². The average molecular weight is 421 g/mol. The van der Waals surface area contributed by atoms with E-state index in [0.717, 1.165) is 12.1 Å². The molecule has 0 amide bonds. The first-order chi connectivity index (χ1) is 14.3. The van der Waals surface area contributed by atoms with Crippen molar-refractivity contribution >= 4 is 5.97 Å². The zero-order chi connectivity index (χ0) is 21.6. The second-order valence-corrected chi connectivity index (χ2v) is 6.15. The number of hydrogen-bond acceptors (Lipinski definition) is 6. The Morgan fingerprint density at radius 2 is 1.87 bits per heavy atom. The highest BCUT2D eigenvalue weighted by Crippen LogP contribution is 2.30. The highest BCUT2D eigenvalue weighted by molar-refractivity contribution is 5.74. The van der Waals surface area contributed by atoms with Gasteiger partial charge in [-0.05, 0) is 43.3 Å². The molecule has 158 valence electrons. The van der Waals surface area contributed by atoms with E-state index in [0.29, 0.717) is 24.2 Å². The minimum absolute atomic E-state index is 0.0193. The summed E-state index contributed by atoms with van der Waals surface area (Å²) in [4.78, 5) is 15.6. The van der Waals surface area contributed by atoms with Crippen molar-refractivity contribution in [3.05, 3.63) is 66.6 Å². The number of rotatable bonds is 8. The molecule has 3 aromatic rings. The highest BCUT2D eigenvalue weighted by atomic mass is 19.4. The summed E-state index contributed by atoms with van der Waals surface area (Å²) < 4.78 is 55.4. The Hall–Kier alpha value is -3.56. The van der Waals surface area contributed by atoms with E-state index in [-0.39, 0.29) is 12.5 Å². The fourth-order valence-corrected chi connectivity index (χ4v) is 2.36.